The van der Waals surface area contributed by atoms with Gasteiger partial charge in [-0.2, -0.15) is 5.10 Å². The van der Waals surface area contributed by atoms with E-state index in [0.29, 0.717) is 12.6 Å². The minimum atomic E-state index is 0. The van der Waals surface area contributed by atoms with Crippen molar-refractivity contribution in [3.8, 4) is 45.5 Å². The fraction of sp³-hybridized carbons (Fsp3) is 0.276. The van der Waals surface area contributed by atoms with Gasteiger partial charge >= 0.3 is 0 Å². The molecule has 1 fully saturated rings. The first kappa shape index (κ1) is 28.4. The molecule has 0 bridgehead atoms. The maximum atomic E-state index is 9.77. The number of halogens is 2. The molecular weight excluding hydrogens is 509 g/mol. The molecule has 4 aromatic rings. The van der Waals surface area contributed by atoms with E-state index in [1.54, 1.807) is 24.3 Å². The van der Waals surface area contributed by atoms with E-state index in [9.17, 15) is 10.2 Å². The number of phenolic OH excluding ortho intramolecular Hbond substituents is 2. The number of aromatic hydroxyl groups is 2. The number of nitrogens with zero attached hydrogens (tertiary/aromatic N) is 2. The van der Waals surface area contributed by atoms with Gasteiger partial charge in [0.25, 0.3) is 0 Å². The molecule has 1 aliphatic rings. The molecule has 3 aromatic carbocycles. The van der Waals surface area contributed by atoms with Gasteiger partial charge in [-0.3, -0.25) is 0 Å². The van der Waals surface area contributed by atoms with E-state index in [-0.39, 0.29) is 36.3 Å². The number of piperidine rings is 1. The number of benzene rings is 3. The number of phenols is 2. The third kappa shape index (κ3) is 6.58. The monoisotopic (exact) mass is 541 g/mol. The Kier molecular flexibility index (Phi) is 9.86. The van der Waals surface area contributed by atoms with Gasteiger partial charge in [-0.05, 0) is 106 Å². The van der Waals surface area contributed by atoms with Crippen molar-refractivity contribution >= 4 is 24.8 Å². The number of hydrogen-bond donors (Lipinski definition) is 3. The van der Waals surface area contributed by atoms with E-state index >= 15 is 0 Å². The zero-order valence-electron chi connectivity index (χ0n) is 20.8. The van der Waals surface area contributed by atoms with Crippen LogP contribution in [0.5, 0.6) is 17.2 Å². The summed E-state index contributed by atoms with van der Waals surface area (Å²) in [5.74, 6) is 1.29. The third-order valence-electron chi connectivity index (χ3n) is 6.63. The lowest BCUT2D eigenvalue weighted by Gasteiger charge is -2.23. The van der Waals surface area contributed by atoms with Crippen LogP contribution in [-0.4, -0.2) is 39.2 Å². The van der Waals surface area contributed by atoms with Crippen molar-refractivity contribution in [1.82, 2.24) is 15.1 Å². The van der Waals surface area contributed by atoms with Crippen LogP contribution in [-0.2, 0) is 0 Å². The highest BCUT2D eigenvalue weighted by Gasteiger charge is 2.19. The van der Waals surface area contributed by atoms with Gasteiger partial charge in [0.2, 0.25) is 0 Å². The fourth-order valence-electron chi connectivity index (χ4n) is 4.71. The number of nitrogens with one attached hydrogen (secondary N) is 1. The summed E-state index contributed by atoms with van der Waals surface area (Å²) in [5, 5.41) is 28.0. The highest BCUT2D eigenvalue weighted by atomic mass is 35.5. The summed E-state index contributed by atoms with van der Waals surface area (Å²) in [4.78, 5) is 0. The zero-order valence-corrected chi connectivity index (χ0v) is 22.4. The molecule has 1 saturated heterocycles. The molecule has 0 saturated carbocycles. The van der Waals surface area contributed by atoms with Crippen LogP contribution in [0, 0.1) is 6.92 Å². The molecule has 196 valence electrons. The Morgan fingerprint density at radius 2 is 1.49 bits per heavy atom. The summed E-state index contributed by atoms with van der Waals surface area (Å²) in [6.45, 7) is 3.87. The predicted molar refractivity (Wildman–Crippen MR) is 153 cm³/mol. The molecule has 1 aliphatic heterocycles. The topological polar surface area (TPSA) is 79.5 Å². The van der Waals surface area contributed by atoms with Gasteiger partial charge in [0.1, 0.15) is 17.2 Å². The second-order valence-electron chi connectivity index (χ2n) is 9.11. The molecule has 0 aliphatic carbocycles. The lowest BCUT2D eigenvalue weighted by atomic mass is 10.0. The Hall–Kier alpha value is -3.19. The van der Waals surface area contributed by atoms with Crippen LogP contribution in [0.25, 0.3) is 28.2 Å². The van der Waals surface area contributed by atoms with Crippen molar-refractivity contribution < 1.29 is 14.9 Å². The summed E-state index contributed by atoms with van der Waals surface area (Å²) in [6.07, 6.45) is 4.82. The normalized spacial score (nSPS) is 14.9. The number of aromatic nitrogens is 2. The summed E-state index contributed by atoms with van der Waals surface area (Å²) < 4.78 is 7.93. The smallest absolute Gasteiger partial charge is 0.119 e. The summed E-state index contributed by atoms with van der Waals surface area (Å²) in [7, 11) is 0. The minimum Gasteiger partial charge on any atom is -0.508 e. The Balaban J connectivity index is 0.00000190. The van der Waals surface area contributed by atoms with Crippen LogP contribution in [0.1, 0.15) is 31.2 Å². The average molecular weight is 543 g/mol. The first-order chi connectivity index (χ1) is 17.1. The van der Waals surface area contributed by atoms with E-state index in [0.717, 1.165) is 52.5 Å². The standard InChI is InChI=1S/C29H31N3O3.2ClH/c1-20-28(21-5-11-25(33)12-6-21)31-32(24-9-13-26(34)14-10-24)29(20)22-7-15-27(16-8-22)35-19-17-23-4-2-3-18-30-23;;/h5-16,23,30,33-34H,2-4,17-19H2,1H3;2*1H. The third-order valence-corrected chi connectivity index (χ3v) is 6.63. The van der Waals surface area contributed by atoms with Crippen LogP contribution in [0.2, 0.25) is 0 Å². The van der Waals surface area contributed by atoms with E-state index in [1.165, 1.54) is 19.3 Å². The van der Waals surface area contributed by atoms with Gasteiger partial charge in [0, 0.05) is 22.7 Å². The molecule has 0 radical (unpaired) electrons. The van der Waals surface area contributed by atoms with Gasteiger partial charge in [-0.15, -0.1) is 24.8 Å². The first-order valence-electron chi connectivity index (χ1n) is 12.2. The summed E-state index contributed by atoms with van der Waals surface area (Å²) in [6, 6.07) is 22.8. The summed E-state index contributed by atoms with van der Waals surface area (Å²) >= 11 is 0. The zero-order chi connectivity index (χ0) is 24.2. The van der Waals surface area contributed by atoms with Gasteiger partial charge < -0.3 is 20.3 Å². The molecule has 37 heavy (non-hydrogen) atoms. The quantitative estimate of drug-likeness (QED) is 0.243. The van der Waals surface area contributed by atoms with Crippen molar-refractivity contribution in [1.29, 1.82) is 0 Å². The Bertz CT molecular complexity index is 1270. The molecular formula is C29H33Cl2N3O3. The molecule has 0 spiro atoms. The maximum absolute atomic E-state index is 9.77. The maximum Gasteiger partial charge on any atom is 0.119 e. The SMILES string of the molecule is Cc1c(-c2ccc(O)cc2)nn(-c2ccc(O)cc2)c1-c1ccc(OCCC2CCCCN2)cc1.Cl.Cl. The van der Waals surface area contributed by atoms with Gasteiger partial charge in [0.15, 0.2) is 0 Å². The van der Waals surface area contributed by atoms with Crippen LogP contribution >= 0.6 is 24.8 Å². The molecule has 8 heteroatoms. The average Bonchev–Trinajstić information content (AvgIpc) is 3.23. The van der Waals surface area contributed by atoms with E-state index in [4.69, 9.17) is 9.84 Å². The fourth-order valence-corrected chi connectivity index (χ4v) is 4.71. The Morgan fingerprint density at radius 3 is 2.11 bits per heavy atom. The predicted octanol–water partition coefficient (Wildman–Crippen LogP) is 6.68. The van der Waals surface area contributed by atoms with E-state index in [1.807, 2.05) is 41.1 Å². The van der Waals surface area contributed by atoms with Gasteiger partial charge in [-0.25, -0.2) is 4.68 Å². The van der Waals surface area contributed by atoms with E-state index < -0.39 is 0 Å². The van der Waals surface area contributed by atoms with Crippen LogP contribution < -0.4 is 10.1 Å². The van der Waals surface area contributed by atoms with Crippen LogP contribution in [0.15, 0.2) is 72.8 Å². The van der Waals surface area contributed by atoms with Gasteiger partial charge in [0.05, 0.1) is 23.7 Å². The highest BCUT2D eigenvalue weighted by Crippen LogP contribution is 2.35. The van der Waals surface area contributed by atoms with Crippen LogP contribution in [0.3, 0.4) is 0 Å². The molecule has 6 nitrogen and oxygen atoms in total. The van der Waals surface area contributed by atoms with E-state index in [2.05, 4.69) is 24.4 Å². The molecule has 1 unspecified atom stereocenters. The molecule has 5 rings (SSSR count). The number of ether oxygens (including phenoxy) is 1. The molecule has 0 amide bonds. The van der Waals surface area contributed by atoms with Crippen molar-refractivity contribution in [2.24, 2.45) is 0 Å². The second-order valence-corrected chi connectivity index (χ2v) is 9.11. The minimum absolute atomic E-state index is 0. The lowest BCUT2D eigenvalue weighted by molar-refractivity contribution is 0.268. The number of hydrogen-bond acceptors (Lipinski definition) is 5. The summed E-state index contributed by atoms with van der Waals surface area (Å²) in [5.41, 5.74) is 5.64. The largest absolute Gasteiger partial charge is 0.508 e. The van der Waals surface area contributed by atoms with Crippen molar-refractivity contribution in [3.63, 3.8) is 0 Å². The first-order valence-corrected chi connectivity index (χ1v) is 12.2. The molecule has 3 N–H and O–H groups in total. The van der Waals surface area contributed by atoms with Crippen molar-refractivity contribution in [3.05, 3.63) is 78.4 Å². The van der Waals surface area contributed by atoms with Gasteiger partial charge in [-0.1, -0.05) is 6.42 Å². The Morgan fingerprint density at radius 1 is 0.865 bits per heavy atom. The van der Waals surface area contributed by atoms with Crippen LogP contribution in [0.4, 0.5) is 0 Å². The van der Waals surface area contributed by atoms with Crippen molar-refractivity contribution in [2.45, 2.75) is 38.6 Å². The Labute approximate surface area is 230 Å². The lowest BCUT2D eigenvalue weighted by Crippen LogP contribution is -2.35. The molecule has 1 aromatic heterocycles. The van der Waals surface area contributed by atoms with Crippen molar-refractivity contribution in [2.75, 3.05) is 13.2 Å². The second kappa shape index (κ2) is 12.9. The highest BCUT2D eigenvalue weighted by molar-refractivity contribution is 5.85. The molecule has 2 heterocycles. The molecule has 1 atom stereocenters. The number of rotatable bonds is 7.